The first-order valence-electron chi connectivity index (χ1n) is 8.86. The normalized spacial score (nSPS) is 17.8. The van der Waals surface area contributed by atoms with E-state index in [0.29, 0.717) is 36.8 Å². The van der Waals surface area contributed by atoms with E-state index in [-0.39, 0.29) is 17.9 Å². The van der Waals surface area contributed by atoms with Gasteiger partial charge in [0.1, 0.15) is 6.04 Å². The fourth-order valence-corrected chi connectivity index (χ4v) is 3.47. The molecule has 1 unspecified atom stereocenters. The van der Waals surface area contributed by atoms with Gasteiger partial charge in [0.05, 0.1) is 11.8 Å². The van der Waals surface area contributed by atoms with Crippen molar-refractivity contribution in [2.24, 2.45) is 0 Å². The summed E-state index contributed by atoms with van der Waals surface area (Å²) in [5, 5.41) is 7.35. The lowest BCUT2D eigenvalue weighted by Gasteiger charge is -2.40. The molecule has 0 spiro atoms. The Bertz CT molecular complexity index is 837. The van der Waals surface area contributed by atoms with Crippen LogP contribution >= 0.6 is 11.6 Å². The summed E-state index contributed by atoms with van der Waals surface area (Å²) in [5.41, 5.74) is 2.18. The van der Waals surface area contributed by atoms with Crippen molar-refractivity contribution in [3.63, 3.8) is 0 Å². The number of rotatable bonds is 4. The SMILES string of the molecule is Cc1[nH]ncc1C(=O)N1CCN(C)C(C(=O)N(C)Cc2ccccc2Cl)C1. The zero-order valence-electron chi connectivity index (χ0n) is 15.8. The summed E-state index contributed by atoms with van der Waals surface area (Å²) in [6, 6.07) is 7.11. The van der Waals surface area contributed by atoms with Crippen molar-refractivity contribution < 1.29 is 9.59 Å². The number of nitrogens with one attached hydrogen (secondary N) is 1. The number of aromatic nitrogens is 2. The standard InChI is InChI=1S/C19H24ClN5O2/c1-13-15(10-21-22-13)18(26)25-9-8-23(2)17(12-25)19(27)24(3)11-14-6-4-5-7-16(14)20/h4-7,10,17H,8-9,11-12H2,1-3H3,(H,21,22). The van der Waals surface area contributed by atoms with Crippen LogP contribution in [0.5, 0.6) is 0 Å². The van der Waals surface area contributed by atoms with Crippen molar-refractivity contribution in [2.75, 3.05) is 33.7 Å². The second kappa shape index (κ2) is 8.10. The van der Waals surface area contributed by atoms with Crippen LogP contribution in [0.25, 0.3) is 0 Å². The minimum atomic E-state index is -0.387. The molecular weight excluding hydrogens is 366 g/mol. The fraction of sp³-hybridized carbons (Fsp3) is 0.421. The monoisotopic (exact) mass is 389 g/mol. The Balaban J connectivity index is 1.70. The largest absolute Gasteiger partial charge is 0.340 e. The number of carbonyl (C=O) groups excluding carboxylic acids is 2. The highest BCUT2D eigenvalue weighted by atomic mass is 35.5. The minimum Gasteiger partial charge on any atom is -0.340 e. The quantitative estimate of drug-likeness (QED) is 0.865. The molecule has 0 saturated carbocycles. The molecule has 0 bridgehead atoms. The summed E-state index contributed by atoms with van der Waals surface area (Å²) >= 11 is 6.21. The van der Waals surface area contributed by atoms with Crippen LogP contribution < -0.4 is 0 Å². The number of hydrogen-bond acceptors (Lipinski definition) is 4. The maximum atomic E-state index is 13.0. The van der Waals surface area contributed by atoms with Gasteiger partial charge in [-0.15, -0.1) is 0 Å². The highest BCUT2D eigenvalue weighted by Gasteiger charge is 2.34. The molecule has 8 heteroatoms. The van der Waals surface area contributed by atoms with Crippen LogP contribution in [0.15, 0.2) is 30.5 Å². The van der Waals surface area contributed by atoms with Gasteiger partial charge in [-0.25, -0.2) is 0 Å². The van der Waals surface area contributed by atoms with Gasteiger partial charge < -0.3 is 9.80 Å². The lowest BCUT2D eigenvalue weighted by Crippen LogP contribution is -2.58. The van der Waals surface area contributed by atoms with E-state index in [1.807, 2.05) is 43.1 Å². The Labute approximate surface area is 163 Å². The molecule has 1 aromatic heterocycles. The number of benzene rings is 1. The molecule has 0 radical (unpaired) electrons. The van der Waals surface area contributed by atoms with Gasteiger partial charge in [-0.05, 0) is 25.6 Å². The second-order valence-corrected chi connectivity index (χ2v) is 7.35. The third kappa shape index (κ3) is 4.14. The van der Waals surface area contributed by atoms with Crippen LogP contribution in [-0.4, -0.2) is 76.5 Å². The predicted molar refractivity (Wildman–Crippen MR) is 104 cm³/mol. The minimum absolute atomic E-state index is 0.0289. The maximum absolute atomic E-state index is 13.0. The lowest BCUT2D eigenvalue weighted by molar-refractivity contribution is -0.137. The van der Waals surface area contributed by atoms with Crippen LogP contribution in [0, 0.1) is 6.92 Å². The molecule has 7 nitrogen and oxygen atoms in total. The first-order valence-corrected chi connectivity index (χ1v) is 9.24. The first kappa shape index (κ1) is 19.4. The van der Waals surface area contributed by atoms with E-state index in [0.717, 1.165) is 11.3 Å². The van der Waals surface area contributed by atoms with E-state index in [2.05, 4.69) is 10.2 Å². The van der Waals surface area contributed by atoms with E-state index in [1.165, 1.54) is 6.20 Å². The zero-order chi connectivity index (χ0) is 19.6. The molecule has 1 aliphatic heterocycles. The molecule has 2 amide bonds. The number of carbonyl (C=O) groups is 2. The van der Waals surface area contributed by atoms with E-state index in [9.17, 15) is 9.59 Å². The number of nitrogens with zero attached hydrogens (tertiary/aromatic N) is 4. The molecule has 1 atom stereocenters. The van der Waals surface area contributed by atoms with E-state index < -0.39 is 0 Å². The Morgan fingerprint density at radius 2 is 2.07 bits per heavy atom. The number of H-pyrrole nitrogens is 1. The van der Waals surface area contributed by atoms with E-state index >= 15 is 0 Å². The van der Waals surface area contributed by atoms with Crippen LogP contribution in [0.4, 0.5) is 0 Å². The van der Waals surface area contributed by atoms with Crippen molar-refractivity contribution in [1.29, 1.82) is 0 Å². The van der Waals surface area contributed by atoms with Crippen LogP contribution in [-0.2, 0) is 11.3 Å². The van der Waals surface area contributed by atoms with Gasteiger partial charge in [-0.1, -0.05) is 29.8 Å². The first-order chi connectivity index (χ1) is 12.9. The summed E-state index contributed by atoms with van der Waals surface area (Å²) in [6.07, 6.45) is 1.54. The van der Waals surface area contributed by atoms with Crippen molar-refractivity contribution in [3.05, 3.63) is 52.3 Å². The number of aryl methyl sites for hydroxylation is 1. The third-order valence-corrected chi connectivity index (χ3v) is 5.39. The summed E-state index contributed by atoms with van der Waals surface area (Å²) in [6.45, 7) is 3.82. The van der Waals surface area contributed by atoms with Gasteiger partial charge in [0.25, 0.3) is 5.91 Å². The summed E-state index contributed by atoms with van der Waals surface area (Å²) in [7, 11) is 3.68. The number of likely N-dealkylation sites (N-methyl/N-ethyl adjacent to an activating group) is 2. The Kier molecular flexibility index (Phi) is 5.82. The number of halogens is 1. The summed E-state index contributed by atoms with van der Waals surface area (Å²) < 4.78 is 0. The molecule has 2 aromatic rings. The van der Waals surface area contributed by atoms with Gasteiger partial charge in [0.15, 0.2) is 0 Å². The van der Waals surface area contributed by atoms with Crippen molar-refractivity contribution >= 4 is 23.4 Å². The van der Waals surface area contributed by atoms with Crippen molar-refractivity contribution in [2.45, 2.75) is 19.5 Å². The summed E-state index contributed by atoms with van der Waals surface area (Å²) in [5.74, 6) is -0.125. The zero-order valence-corrected chi connectivity index (χ0v) is 16.5. The maximum Gasteiger partial charge on any atom is 0.257 e. The molecule has 1 saturated heterocycles. The van der Waals surface area contributed by atoms with Crippen LogP contribution in [0.1, 0.15) is 21.6 Å². The number of piperazine rings is 1. The topological polar surface area (TPSA) is 72.5 Å². The smallest absolute Gasteiger partial charge is 0.257 e. The van der Waals surface area contributed by atoms with Gasteiger partial charge >= 0.3 is 0 Å². The van der Waals surface area contributed by atoms with Gasteiger partial charge in [-0.2, -0.15) is 5.10 Å². The highest BCUT2D eigenvalue weighted by Crippen LogP contribution is 2.19. The number of aromatic amines is 1. The molecule has 27 heavy (non-hydrogen) atoms. The third-order valence-electron chi connectivity index (χ3n) is 5.02. The van der Waals surface area contributed by atoms with E-state index in [4.69, 9.17) is 11.6 Å². The Morgan fingerprint density at radius 3 is 2.74 bits per heavy atom. The van der Waals surface area contributed by atoms with Crippen LogP contribution in [0.2, 0.25) is 5.02 Å². The van der Waals surface area contributed by atoms with Crippen molar-refractivity contribution in [3.8, 4) is 0 Å². The Morgan fingerprint density at radius 1 is 1.33 bits per heavy atom. The molecule has 2 heterocycles. The van der Waals surface area contributed by atoms with Crippen LogP contribution in [0.3, 0.4) is 0 Å². The highest BCUT2D eigenvalue weighted by molar-refractivity contribution is 6.31. The van der Waals surface area contributed by atoms with Gasteiger partial charge in [-0.3, -0.25) is 19.6 Å². The fourth-order valence-electron chi connectivity index (χ4n) is 3.28. The molecule has 1 aliphatic rings. The van der Waals surface area contributed by atoms with Gasteiger partial charge in [0.2, 0.25) is 5.91 Å². The van der Waals surface area contributed by atoms with Crippen molar-refractivity contribution in [1.82, 2.24) is 24.9 Å². The molecule has 0 aliphatic carbocycles. The molecule has 3 rings (SSSR count). The average molecular weight is 390 g/mol. The molecule has 144 valence electrons. The molecule has 1 N–H and O–H groups in total. The van der Waals surface area contributed by atoms with E-state index in [1.54, 1.807) is 16.8 Å². The summed E-state index contributed by atoms with van der Waals surface area (Å²) in [4.78, 5) is 31.2. The number of hydrogen-bond donors (Lipinski definition) is 1. The molecule has 1 fully saturated rings. The second-order valence-electron chi connectivity index (χ2n) is 6.94. The molecule has 1 aromatic carbocycles. The van der Waals surface area contributed by atoms with Gasteiger partial charge in [0, 0.05) is 43.9 Å². The average Bonchev–Trinajstić information content (AvgIpc) is 3.08. The predicted octanol–water partition coefficient (Wildman–Crippen LogP) is 1.79. The lowest BCUT2D eigenvalue weighted by atomic mass is 10.1. The Hall–Kier alpha value is -2.38. The molecular formula is C19H24ClN5O2. The number of amides is 2.